The first-order valence-corrected chi connectivity index (χ1v) is 5.68. The third kappa shape index (κ3) is 2.76. The number of nitrogens with zero attached hydrogens (tertiary/aromatic N) is 3. The minimum atomic E-state index is 0.638. The second-order valence-corrected chi connectivity index (χ2v) is 4.14. The quantitative estimate of drug-likeness (QED) is 0.938. The maximum absolute atomic E-state index is 4.30. The van der Waals surface area contributed by atoms with Crippen molar-refractivity contribution in [1.29, 1.82) is 0 Å². The van der Waals surface area contributed by atoms with Crippen molar-refractivity contribution in [3.05, 3.63) is 46.6 Å². The van der Waals surface area contributed by atoms with Crippen molar-refractivity contribution >= 4 is 21.7 Å². The van der Waals surface area contributed by atoms with Gasteiger partial charge in [0.2, 0.25) is 0 Å². The lowest BCUT2D eigenvalue weighted by atomic mass is 10.4. The van der Waals surface area contributed by atoms with Gasteiger partial charge in [-0.25, -0.2) is 15.0 Å². The van der Waals surface area contributed by atoms with E-state index in [1.165, 1.54) is 0 Å². The second kappa shape index (κ2) is 5.03. The molecule has 0 aliphatic heterocycles. The van der Waals surface area contributed by atoms with Gasteiger partial charge in [-0.05, 0) is 41.1 Å². The van der Waals surface area contributed by atoms with E-state index < -0.39 is 0 Å². The van der Waals surface area contributed by atoms with Crippen LogP contribution in [0.2, 0.25) is 0 Å². The summed E-state index contributed by atoms with van der Waals surface area (Å²) >= 11 is 3.43. The Morgan fingerprint density at radius 2 is 2.12 bits per heavy atom. The fourth-order valence-electron chi connectivity index (χ4n) is 1.29. The molecule has 16 heavy (non-hydrogen) atoms. The molecular weight excluding hydrogens is 268 g/mol. The van der Waals surface area contributed by atoms with E-state index in [-0.39, 0.29) is 0 Å². The number of nitrogens with one attached hydrogen (secondary N) is 1. The van der Waals surface area contributed by atoms with Crippen LogP contribution in [0.4, 0.5) is 5.82 Å². The molecule has 0 aromatic carbocycles. The molecule has 0 unspecified atom stereocenters. The normalized spacial score (nSPS) is 10.1. The SMILES string of the molecule is Cc1nccc(CNc2ncccc2Br)n1. The molecule has 2 rings (SSSR count). The van der Waals surface area contributed by atoms with Gasteiger partial charge in [-0.2, -0.15) is 0 Å². The standard InChI is InChI=1S/C11H11BrN4/c1-8-13-6-4-9(16-8)7-15-11-10(12)3-2-5-14-11/h2-6H,7H2,1H3,(H,14,15). The number of anilines is 1. The highest BCUT2D eigenvalue weighted by molar-refractivity contribution is 9.10. The summed E-state index contributed by atoms with van der Waals surface area (Å²) in [4.78, 5) is 12.6. The molecule has 0 radical (unpaired) electrons. The summed E-state index contributed by atoms with van der Waals surface area (Å²) in [5, 5.41) is 3.21. The number of aromatic nitrogens is 3. The average Bonchev–Trinajstić information content (AvgIpc) is 2.28. The smallest absolute Gasteiger partial charge is 0.140 e. The third-order valence-electron chi connectivity index (χ3n) is 2.03. The van der Waals surface area contributed by atoms with Crippen LogP contribution >= 0.6 is 15.9 Å². The summed E-state index contributed by atoms with van der Waals surface area (Å²) in [7, 11) is 0. The van der Waals surface area contributed by atoms with Crippen LogP contribution in [0, 0.1) is 6.92 Å². The molecule has 0 spiro atoms. The van der Waals surface area contributed by atoms with Crippen molar-refractivity contribution in [2.24, 2.45) is 0 Å². The van der Waals surface area contributed by atoms with Crippen molar-refractivity contribution in [2.45, 2.75) is 13.5 Å². The Bertz CT molecular complexity index is 487. The topological polar surface area (TPSA) is 50.7 Å². The van der Waals surface area contributed by atoms with E-state index in [9.17, 15) is 0 Å². The number of halogens is 1. The van der Waals surface area contributed by atoms with Gasteiger partial charge in [-0.15, -0.1) is 0 Å². The number of pyridine rings is 1. The lowest BCUT2D eigenvalue weighted by Crippen LogP contribution is -2.04. The Hall–Kier alpha value is -1.49. The molecule has 0 saturated heterocycles. The van der Waals surface area contributed by atoms with Gasteiger partial charge in [0.15, 0.2) is 0 Å². The minimum Gasteiger partial charge on any atom is -0.363 e. The average molecular weight is 279 g/mol. The van der Waals surface area contributed by atoms with Crippen LogP contribution in [0.3, 0.4) is 0 Å². The van der Waals surface area contributed by atoms with Gasteiger partial charge in [0.1, 0.15) is 11.6 Å². The van der Waals surface area contributed by atoms with E-state index in [0.717, 1.165) is 21.8 Å². The van der Waals surface area contributed by atoms with Crippen LogP contribution < -0.4 is 5.32 Å². The first-order chi connectivity index (χ1) is 7.75. The number of aryl methyl sites for hydroxylation is 1. The first kappa shape index (κ1) is 11.0. The van der Waals surface area contributed by atoms with E-state index in [2.05, 4.69) is 36.2 Å². The minimum absolute atomic E-state index is 0.638. The zero-order valence-corrected chi connectivity index (χ0v) is 10.4. The predicted molar refractivity (Wildman–Crippen MR) is 66.0 cm³/mol. The lowest BCUT2D eigenvalue weighted by molar-refractivity contribution is 0.949. The first-order valence-electron chi connectivity index (χ1n) is 4.88. The van der Waals surface area contributed by atoms with E-state index >= 15 is 0 Å². The van der Waals surface area contributed by atoms with Crippen molar-refractivity contribution in [1.82, 2.24) is 15.0 Å². The van der Waals surface area contributed by atoms with Crippen LogP contribution in [0.5, 0.6) is 0 Å². The summed E-state index contributed by atoms with van der Waals surface area (Å²) in [6, 6.07) is 5.71. The predicted octanol–water partition coefficient (Wildman–Crippen LogP) is 2.55. The zero-order valence-electron chi connectivity index (χ0n) is 8.81. The molecule has 2 aromatic heterocycles. The summed E-state index contributed by atoms with van der Waals surface area (Å²) in [6.45, 7) is 2.51. The molecule has 0 bridgehead atoms. The molecule has 0 aliphatic rings. The summed E-state index contributed by atoms with van der Waals surface area (Å²) in [6.07, 6.45) is 3.51. The van der Waals surface area contributed by atoms with E-state index in [1.54, 1.807) is 12.4 Å². The van der Waals surface area contributed by atoms with Crippen LogP contribution in [-0.4, -0.2) is 15.0 Å². The van der Waals surface area contributed by atoms with Crippen LogP contribution in [0.1, 0.15) is 11.5 Å². The molecule has 0 saturated carbocycles. The highest BCUT2D eigenvalue weighted by atomic mass is 79.9. The molecule has 0 amide bonds. The second-order valence-electron chi connectivity index (χ2n) is 3.28. The van der Waals surface area contributed by atoms with Crippen molar-refractivity contribution in [3.8, 4) is 0 Å². The maximum atomic E-state index is 4.30. The van der Waals surface area contributed by atoms with Gasteiger partial charge in [0.25, 0.3) is 0 Å². The number of rotatable bonds is 3. The fraction of sp³-hybridized carbons (Fsp3) is 0.182. The Morgan fingerprint density at radius 1 is 1.25 bits per heavy atom. The van der Waals surface area contributed by atoms with Crippen LogP contribution in [0.15, 0.2) is 35.1 Å². The van der Waals surface area contributed by atoms with E-state index in [1.807, 2.05) is 25.1 Å². The largest absolute Gasteiger partial charge is 0.363 e. The fourth-order valence-corrected chi connectivity index (χ4v) is 1.69. The van der Waals surface area contributed by atoms with Gasteiger partial charge < -0.3 is 5.32 Å². The van der Waals surface area contributed by atoms with Gasteiger partial charge in [0, 0.05) is 12.4 Å². The number of hydrogen-bond donors (Lipinski definition) is 1. The molecule has 0 fully saturated rings. The van der Waals surface area contributed by atoms with E-state index in [0.29, 0.717) is 6.54 Å². The van der Waals surface area contributed by atoms with Crippen molar-refractivity contribution in [3.63, 3.8) is 0 Å². The van der Waals surface area contributed by atoms with Crippen molar-refractivity contribution < 1.29 is 0 Å². The molecule has 0 atom stereocenters. The summed E-state index contributed by atoms with van der Waals surface area (Å²) in [5.74, 6) is 1.60. The molecule has 2 aromatic rings. The molecule has 2 heterocycles. The highest BCUT2D eigenvalue weighted by Crippen LogP contribution is 2.18. The summed E-state index contributed by atoms with van der Waals surface area (Å²) in [5.41, 5.74) is 0.949. The maximum Gasteiger partial charge on any atom is 0.140 e. The van der Waals surface area contributed by atoms with Gasteiger partial charge in [0.05, 0.1) is 16.7 Å². The summed E-state index contributed by atoms with van der Waals surface area (Å²) < 4.78 is 0.945. The number of hydrogen-bond acceptors (Lipinski definition) is 4. The van der Waals surface area contributed by atoms with Gasteiger partial charge in [-0.3, -0.25) is 0 Å². The van der Waals surface area contributed by atoms with E-state index in [4.69, 9.17) is 0 Å². The van der Waals surface area contributed by atoms with Gasteiger partial charge >= 0.3 is 0 Å². The molecule has 5 heteroatoms. The molecule has 4 nitrogen and oxygen atoms in total. The Kier molecular flexibility index (Phi) is 3.46. The molecule has 0 aliphatic carbocycles. The Balaban J connectivity index is 2.05. The zero-order chi connectivity index (χ0) is 11.4. The third-order valence-corrected chi connectivity index (χ3v) is 2.67. The molecular formula is C11H11BrN4. The highest BCUT2D eigenvalue weighted by Gasteiger charge is 2.00. The lowest BCUT2D eigenvalue weighted by Gasteiger charge is -2.06. The molecule has 1 N–H and O–H groups in total. The molecule has 82 valence electrons. The van der Waals surface area contributed by atoms with Gasteiger partial charge in [-0.1, -0.05) is 0 Å². The van der Waals surface area contributed by atoms with Crippen molar-refractivity contribution in [2.75, 3.05) is 5.32 Å². The van der Waals surface area contributed by atoms with Crippen LogP contribution in [0.25, 0.3) is 0 Å². The Labute approximate surface area is 102 Å². The monoisotopic (exact) mass is 278 g/mol. The van der Waals surface area contributed by atoms with Crippen LogP contribution in [-0.2, 0) is 6.54 Å². The Morgan fingerprint density at radius 3 is 2.88 bits per heavy atom.